The van der Waals surface area contributed by atoms with Crippen molar-refractivity contribution in [3.63, 3.8) is 0 Å². The van der Waals surface area contributed by atoms with Gasteiger partial charge in [0.15, 0.2) is 0 Å². The first-order valence-electron chi connectivity index (χ1n) is 12.2. The number of rotatable bonds is 6. The molecule has 2 aromatic carbocycles. The molecule has 0 aliphatic carbocycles. The number of hydrogen-bond donors (Lipinski definition) is 0. The van der Waals surface area contributed by atoms with Gasteiger partial charge in [0.2, 0.25) is 0 Å². The van der Waals surface area contributed by atoms with E-state index in [0.717, 1.165) is 46.8 Å². The fourth-order valence-electron chi connectivity index (χ4n) is 4.93. The molecule has 0 N–H and O–H groups in total. The molecule has 0 spiro atoms. The van der Waals surface area contributed by atoms with E-state index in [9.17, 15) is 14.9 Å². The minimum Gasteiger partial charge on any atom is -0.344 e. The molecule has 2 heterocycles. The molecule has 0 saturated carbocycles. The summed E-state index contributed by atoms with van der Waals surface area (Å²) in [5.41, 5.74) is 4.55. The number of benzene rings is 2. The second-order valence-electron chi connectivity index (χ2n) is 9.72. The Kier molecular flexibility index (Phi) is 7.19. The molecule has 0 bridgehead atoms. The van der Waals surface area contributed by atoms with Gasteiger partial charge in [-0.3, -0.25) is 14.5 Å². The maximum atomic E-state index is 13.5. The molecule has 5 nitrogen and oxygen atoms in total. The SMILES string of the molecule is CCCCN1/C(=C\C=C2\C(=O)N(Cc3ccccc3)C(=O)C(C#N)=C2C)C(C)(C)c2cc(Cl)ccc21. The highest BCUT2D eigenvalue weighted by molar-refractivity contribution is 6.30. The van der Waals surface area contributed by atoms with Crippen LogP contribution in [-0.4, -0.2) is 23.3 Å². The Morgan fingerprint density at radius 2 is 1.75 bits per heavy atom. The van der Waals surface area contributed by atoms with Crippen molar-refractivity contribution >= 4 is 29.1 Å². The lowest BCUT2D eigenvalue weighted by Crippen LogP contribution is -2.42. The lowest BCUT2D eigenvalue weighted by Gasteiger charge is -2.29. The van der Waals surface area contributed by atoms with Crippen molar-refractivity contribution in [2.45, 2.75) is 52.5 Å². The third kappa shape index (κ3) is 4.50. The summed E-state index contributed by atoms with van der Waals surface area (Å²) in [5.74, 6) is -0.949. The molecule has 0 aromatic heterocycles. The van der Waals surface area contributed by atoms with Gasteiger partial charge in [0.25, 0.3) is 11.8 Å². The summed E-state index contributed by atoms with van der Waals surface area (Å²) in [7, 11) is 0. The third-order valence-electron chi connectivity index (χ3n) is 7.01. The molecule has 2 aromatic rings. The van der Waals surface area contributed by atoms with E-state index in [1.54, 1.807) is 13.0 Å². The van der Waals surface area contributed by atoms with Gasteiger partial charge >= 0.3 is 0 Å². The number of nitrogens with zero attached hydrogens (tertiary/aromatic N) is 3. The predicted molar refractivity (Wildman–Crippen MR) is 143 cm³/mol. The average molecular weight is 500 g/mol. The van der Waals surface area contributed by atoms with Crippen LogP contribution in [0, 0.1) is 11.3 Å². The van der Waals surface area contributed by atoms with Gasteiger partial charge in [0.1, 0.15) is 11.6 Å². The number of anilines is 1. The molecule has 0 radical (unpaired) electrons. The van der Waals surface area contributed by atoms with E-state index in [1.165, 1.54) is 0 Å². The Morgan fingerprint density at radius 3 is 2.42 bits per heavy atom. The molecule has 0 saturated heterocycles. The van der Waals surface area contributed by atoms with E-state index in [-0.39, 0.29) is 17.5 Å². The van der Waals surface area contributed by atoms with Crippen molar-refractivity contribution in [1.29, 1.82) is 5.26 Å². The second-order valence-corrected chi connectivity index (χ2v) is 10.2. The van der Waals surface area contributed by atoms with Gasteiger partial charge in [0.05, 0.1) is 6.54 Å². The van der Waals surface area contributed by atoms with Crippen LogP contribution in [0.2, 0.25) is 5.02 Å². The van der Waals surface area contributed by atoms with Crippen molar-refractivity contribution in [3.8, 4) is 6.07 Å². The molecular formula is C30H30ClN3O2. The summed E-state index contributed by atoms with van der Waals surface area (Å²) < 4.78 is 0. The highest BCUT2D eigenvalue weighted by atomic mass is 35.5. The summed E-state index contributed by atoms with van der Waals surface area (Å²) in [4.78, 5) is 30.0. The normalized spacial score (nSPS) is 19.3. The van der Waals surface area contributed by atoms with Gasteiger partial charge in [-0.05, 0) is 60.4 Å². The van der Waals surface area contributed by atoms with Crippen molar-refractivity contribution in [3.05, 3.63) is 99.2 Å². The number of allylic oxidation sites excluding steroid dienone is 3. The number of halogens is 1. The van der Waals surface area contributed by atoms with E-state index in [1.807, 2.05) is 60.7 Å². The molecular weight excluding hydrogens is 470 g/mol. The quantitative estimate of drug-likeness (QED) is 0.338. The zero-order valence-corrected chi connectivity index (χ0v) is 21.9. The number of amides is 2. The third-order valence-corrected chi connectivity index (χ3v) is 7.24. The molecule has 0 atom stereocenters. The topological polar surface area (TPSA) is 64.4 Å². The first-order chi connectivity index (χ1) is 17.2. The number of unbranched alkanes of at least 4 members (excludes halogenated alkanes) is 1. The number of fused-ring (bicyclic) bond motifs is 1. The monoisotopic (exact) mass is 499 g/mol. The first kappa shape index (κ1) is 25.5. The molecule has 36 heavy (non-hydrogen) atoms. The standard InChI is InChI=1S/C30H30ClN3O2/c1-5-6-16-33-26-14-12-22(31)17-25(26)30(3,4)27(33)15-13-23-20(2)24(18-32)29(36)34(28(23)35)19-21-10-8-7-9-11-21/h7-15,17H,5-6,16,19H2,1-4H3/b23-13+,27-15-. The van der Waals surface area contributed by atoms with Crippen LogP contribution in [-0.2, 0) is 21.5 Å². The molecule has 184 valence electrons. The molecule has 2 amide bonds. The second kappa shape index (κ2) is 10.2. The average Bonchev–Trinajstić information content (AvgIpc) is 3.06. The fourth-order valence-corrected chi connectivity index (χ4v) is 5.10. The number of carbonyl (C=O) groups excluding carboxylic acids is 2. The summed E-state index contributed by atoms with van der Waals surface area (Å²) in [6.07, 6.45) is 5.80. The number of hydrogen-bond acceptors (Lipinski definition) is 4. The van der Waals surface area contributed by atoms with E-state index in [2.05, 4.69) is 25.7 Å². The van der Waals surface area contributed by atoms with E-state index in [0.29, 0.717) is 16.2 Å². The van der Waals surface area contributed by atoms with Gasteiger partial charge in [-0.1, -0.05) is 69.1 Å². The summed E-state index contributed by atoms with van der Waals surface area (Å²) >= 11 is 6.35. The van der Waals surface area contributed by atoms with E-state index in [4.69, 9.17) is 11.6 Å². The minimum absolute atomic E-state index is 0.00114. The van der Waals surface area contributed by atoms with Crippen LogP contribution < -0.4 is 4.90 Å². The van der Waals surface area contributed by atoms with Crippen LogP contribution in [0.15, 0.2) is 83.1 Å². The Labute approximate surface area is 218 Å². The molecule has 0 unspecified atom stereocenters. The van der Waals surface area contributed by atoms with Crippen LogP contribution in [0.5, 0.6) is 0 Å². The highest BCUT2D eigenvalue weighted by Gasteiger charge is 2.40. The number of nitriles is 1. The van der Waals surface area contributed by atoms with Gasteiger partial charge in [0, 0.05) is 33.9 Å². The summed E-state index contributed by atoms with van der Waals surface area (Å²) in [5, 5.41) is 10.4. The van der Waals surface area contributed by atoms with Gasteiger partial charge < -0.3 is 4.90 Å². The maximum Gasteiger partial charge on any atom is 0.271 e. The predicted octanol–water partition coefficient (Wildman–Crippen LogP) is 6.46. The number of carbonyl (C=O) groups is 2. The van der Waals surface area contributed by atoms with Crippen LogP contribution in [0.25, 0.3) is 0 Å². The smallest absolute Gasteiger partial charge is 0.271 e. The van der Waals surface area contributed by atoms with Crippen molar-refractivity contribution in [2.24, 2.45) is 0 Å². The van der Waals surface area contributed by atoms with E-state index < -0.39 is 11.8 Å². The lowest BCUT2D eigenvalue weighted by molar-refractivity contribution is -0.141. The van der Waals surface area contributed by atoms with Gasteiger partial charge in [-0.15, -0.1) is 0 Å². The molecule has 4 rings (SSSR count). The Hall–Kier alpha value is -3.62. The van der Waals surface area contributed by atoms with Crippen LogP contribution in [0.1, 0.15) is 51.7 Å². The minimum atomic E-state index is -0.554. The zero-order valence-electron chi connectivity index (χ0n) is 21.1. The molecule has 2 aliphatic rings. The largest absolute Gasteiger partial charge is 0.344 e. The Balaban J connectivity index is 1.79. The Morgan fingerprint density at radius 1 is 1.03 bits per heavy atom. The highest BCUT2D eigenvalue weighted by Crippen LogP contribution is 2.48. The van der Waals surface area contributed by atoms with Crippen LogP contribution in [0.4, 0.5) is 5.69 Å². The summed E-state index contributed by atoms with van der Waals surface area (Å²) in [6, 6.07) is 17.3. The van der Waals surface area contributed by atoms with Crippen LogP contribution >= 0.6 is 11.6 Å². The maximum absolute atomic E-state index is 13.5. The molecule has 0 fully saturated rings. The lowest BCUT2D eigenvalue weighted by atomic mass is 9.83. The number of imide groups is 1. The van der Waals surface area contributed by atoms with Crippen molar-refractivity contribution < 1.29 is 9.59 Å². The van der Waals surface area contributed by atoms with Crippen molar-refractivity contribution in [1.82, 2.24) is 4.90 Å². The first-order valence-corrected chi connectivity index (χ1v) is 12.6. The zero-order chi connectivity index (χ0) is 26.0. The van der Waals surface area contributed by atoms with Gasteiger partial charge in [-0.25, -0.2) is 0 Å². The Bertz CT molecular complexity index is 1350. The fraction of sp³-hybridized carbons (Fsp3) is 0.300. The summed E-state index contributed by atoms with van der Waals surface area (Å²) in [6.45, 7) is 9.08. The van der Waals surface area contributed by atoms with Crippen LogP contribution in [0.3, 0.4) is 0 Å². The molecule has 2 aliphatic heterocycles. The van der Waals surface area contributed by atoms with E-state index >= 15 is 0 Å². The molecule has 6 heteroatoms. The van der Waals surface area contributed by atoms with Crippen molar-refractivity contribution in [2.75, 3.05) is 11.4 Å². The van der Waals surface area contributed by atoms with Gasteiger partial charge in [-0.2, -0.15) is 5.26 Å².